The number of para-hydroxylation sites is 1. The highest BCUT2D eigenvalue weighted by atomic mass is 16.5. The van der Waals surface area contributed by atoms with E-state index >= 15 is 0 Å². The second kappa shape index (κ2) is 8.17. The number of nitriles is 1. The Hall–Kier alpha value is -2.94. The molecule has 0 N–H and O–H groups in total. The van der Waals surface area contributed by atoms with Crippen LogP contribution in [-0.2, 0) is 22.4 Å². The van der Waals surface area contributed by atoms with Crippen LogP contribution in [0.1, 0.15) is 41.4 Å². The third-order valence-electron chi connectivity index (χ3n) is 5.02. The van der Waals surface area contributed by atoms with Crippen LogP contribution in [0.25, 0.3) is 10.9 Å². The summed E-state index contributed by atoms with van der Waals surface area (Å²) in [5, 5.41) is 9.38. The first kappa shape index (κ1) is 18.8. The minimum atomic E-state index is -0.485. The van der Waals surface area contributed by atoms with Crippen molar-refractivity contribution in [2.24, 2.45) is 5.92 Å². The SMILES string of the molecule is CC1CCc2nc3ccccc3c(C(=O)OCC(=O)N(C)CCC#N)c2C1. The molecular weight excluding hydrogens is 342 g/mol. The normalized spacial score (nSPS) is 15.7. The van der Waals surface area contributed by atoms with Gasteiger partial charge >= 0.3 is 5.97 Å². The molecule has 1 aliphatic carbocycles. The molecular formula is C21H23N3O3. The Balaban J connectivity index is 1.87. The van der Waals surface area contributed by atoms with Gasteiger partial charge in [0.15, 0.2) is 6.61 Å². The van der Waals surface area contributed by atoms with Crippen molar-refractivity contribution in [1.29, 1.82) is 5.26 Å². The average Bonchev–Trinajstić information content (AvgIpc) is 2.68. The molecule has 1 unspecified atom stereocenters. The van der Waals surface area contributed by atoms with Crippen molar-refractivity contribution >= 4 is 22.8 Å². The number of aromatic nitrogens is 1. The summed E-state index contributed by atoms with van der Waals surface area (Å²) in [6, 6.07) is 9.54. The molecule has 2 aromatic rings. The van der Waals surface area contributed by atoms with E-state index in [-0.39, 0.29) is 18.9 Å². The lowest BCUT2D eigenvalue weighted by Gasteiger charge is -2.24. The zero-order valence-corrected chi connectivity index (χ0v) is 15.7. The number of aryl methyl sites for hydroxylation is 1. The molecule has 1 aromatic heterocycles. The monoisotopic (exact) mass is 365 g/mol. The number of likely N-dealkylation sites (N-methyl/N-ethyl adjacent to an activating group) is 1. The van der Waals surface area contributed by atoms with Crippen molar-refractivity contribution < 1.29 is 14.3 Å². The fraction of sp³-hybridized carbons (Fsp3) is 0.429. The quantitative estimate of drug-likeness (QED) is 0.761. The number of ether oxygens (including phenoxy) is 1. The van der Waals surface area contributed by atoms with E-state index in [0.29, 0.717) is 18.0 Å². The summed E-state index contributed by atoms with van der Waals surface area (Å²) in [7, 11) is 1.60. The van der Waals surface area contributed by atoms with Crippen molar-refractivity contribution in [2.45, 2.75) is 32.6 Å². The molecule has 27 heavy (non-hydrogen) atoms. The van der Waals surface area contributed by atoms with Crippen LogP contribution in [0.5, 0.6) is 0 Å². The van der Waals surface area contributed by atoms with Gasteiger partial charge in [0.05, 0.1) is 23.6 Å². The second-order valence-electron chi connectivity index (χ2n) is 7.08. The van der Waals surface area contributed by atoms with Gasteiger partial charge in [-0.2, -0.15) is 5.26 Å². The molecule has 3 rings (SSSR count). The van der Waals surface area contributed by atoms with Crippen molar-refractivity contribution in [3.8, 4) is 6.07 Å². The summed E-state index contributed by atoms with van der Waals surface area (Å²) in [5.74, 6) is -0.328. The Kier molecular flexibility index (Phi) is 5.70. The van der Waals surface area contributed by atoms with E-state index in [9.17, 15) is 9.59 Å². The molecule has 0 aliphatic heterocycles. The van der Waals surface area contributed by atoms with E-state index in [1.165, 1.54) is 4.90 Å². The minimum Gasteiger partial charge on any atom is -0.452 e. The van der Waals surface area contributed by atoms with Crippen LogP contribution >= 0.6 is 0 Å². The first-order valence-corrected chi connectivity index (χ1v) is 9.19. The van der Waals surface area contributed by atoms with Gasteiger partial charge in [-0.05, 0) is 36.8 Å². The van der Waals surface area contributed by atoms with Crippen LogP contribution in [-0.4, -0.2) is 42.0 Å². The van der Waals surface area contributed by atoms with Gasteiger partial charge in [0.2, 0.25) is 0 Å². The third kappa shape index (κ3) is 4.08. The first-order chi connectivity index (χ1) is 13.0. The summed E-state index contributed by atoms with van der Waals surface area (Å²) in [4.78, 5) is 31.2. The van der Waals surface area contributed by atoms with Crippen molar-refractivity contribution in [1.82, 2.24) is 9.88 Å². The highest BCUT2D eigenvalue weighted by molar-refractivity contribution is 6.05. The van der Waals surface area contributed by atoms with E-state index in [0.717, 1.165) is 41.4 Å². The number of esters is 1. The molecule has 0 saturated carbocycles. The maximum Gasteiger partial charge on any atom is 0.339 e. The molecule has 140 valence electrons. The van der Waals surface area contributed by atoms with Gasteiger partial charge in [-0.25, -0.2) is 4.79 Å². The van der Waals surface area contributed by atoms with Gasteiger partial charge < -0.3 is 9.64 Å². The number of hydrogen-bond donors (Lipinski definition) is 0. The van der Waals surface area contributed by atoms with Crippen LogP contribution in [0.3, 0.4) is 0 Å². The number of nitrogens with zero attached hydrogens (tertiary/aromatic N) is 3. The molecule has 1 aliphatic rings. The number of benzene rings is 1. The molecule has 0 fully saturated rings. The fourth-order valence-electron chi connectivity index (χ4n) is 3.45. The Labute approximate surface area is 158 Å². The summed E-state index contributed by atoms with van der Waals surface area (Å²) < 4.78 is 5.36. The van der Waals surface area contributed by atoms with Gasteiger partial charge in [-0.15, -0.1) is 0 Å². The molecule has 1 heterocycles. The lowest BCUT2D eigenvalue weighted by atomic mass is 9.84. The van der Waals surface area contributed by atoms with Crippen molar-refractivity contribution in [3.63, 3.8) is 0 Å². The molecule has 6 heteroatoms. The summed E-state index contributed by atoms with van der Waals surface area (Å²) in [6.45, 7) is 2.15. The van der Waals surface area contributed by atoms with E-state index in [1.807, 2.05) is 30.3 Å². The molecule has 1 amide bonds. The largest absolute Gasteiger partial charge is 0.452 e. The predicted octanol–water partition coefficient (Wildman–Crippen LogP) is 2.89. The van der Waals surface area contributed by atoms with Crippen LogP contribution in [0.4, 0.5) is 0 Å². The van der Waals surface area contributed by atoms with Gasteiger partial charge in [0.25, 0.3) is 5.91 Å². The van der Waals surface area contributed by atoms with Gasteiger partial charge in [0.1, 0.15) is 0 Å². The van der Waals surface area contributed by atoms with Gasteiger partial charge in [0, 0.05) is 24.7 Å². The number of carbonyl (C=O) groups is 2. The Morgan fingerprint density at radius 1 is 1.37 bits per heavy atom. The maximum absolute atomic E-state index is 12.9. The topological polar surface area (TPSA) is 83.3 Å². The van der Waals surface area contributed by atoms with E-state index in [2.05, 4.69) is 6.92 Å². The number of hydrogen-bond acceptors (Lipinski definition) is 5. The lowest BCUT2D eigenvalue weighted by molar-refractivity contribution is -0.133. The van der Waals surface area contributed by atoms with E-state index in [1.54, 1.807) is 7.05 Å². The van der Waals surface area contributed by atoms with Crippen molar-refractivity contribution in [3.05, 3.63) is 41.1 Å². The molecule has 1 aromatic carbocycles. The molecule has 1 atom stereocenters. The molecule has 0 radical (unpaired) electrons. The number of amides is 1. The first-order valence-electron chi connectivity index (χ1n) is 9.19. The smallest absolute Gasteiger partial charge is 0.339 e. The number of rotatable bonds is 5. The predicted molar refractivity (Wildman–Crippen MR) is 101 cm³/mol. The lowest BCUT2D eigenvalue weighted by Crippen LogP contribution is -2.32. The zero-order valence-electron chi connectivity index (χ0n) is 15.7. The van der Waals surface area contributed by atoms with Crippen LogP contribution in [0.2, 0.25) is 0 Å². The van der Waals surface area contributed by atoms with E-state index < -0.39 is 5.97 Å². The molecule has 0 saturated heterocycles. The third-order valence-corrected chi connectivity index (χ3v) is 5.02. The maximum atomic E-state index is 12.9. The summed E-state index contributed by atoms with van der Waals surface area (Å²) in [5.41, 5.74) is 3.21. The minimum absolute atomic E-state index is 0.247. The molecule has 0 bridgehead atoms. The van der Waals surface area contributed by atoms with Crippen molar-refractivity contribution in [2.75, 3.05) is 20.2 Å². The zero-order chi connectivity index (χ0) is 19.4. The molecule has 6 nitrogen and oxygen atoms in total. The highest BCUT2D eigenvalue weighted by Gasteiger charge is 2.26. The second-order valence-corrected chi connectivity index (χ2v) is 7.08. The number of carbonyl (C=O) groups excluding carboxylic acids is 2. The number of fused-ring (bicyclic) bond motifs is 2. The number of pyridine rings is 1. The Morgan fingerprint density at radius 3 is 2.93 bits per heavy atom. The molecule has 0 spiro atoms. The van der Waals surface area contributed by atoms with Crippen LogP contribution in [0.15, 0.2) is 24.3 Å². The highest BCUT2D eigenvalue weighted by Crippen LogP contribution is 2.31. The van der Waals surface area contributed by atoms with Crippen LogP contribution in [0, 0.1) is 17.2 Å². The van der Waals surface area contributed by atoms with Gasteiger partial charge in [-0.3, -0.25) is 9.78 Å². The standard InChI is InChI=1S/C21H23N3O3/c1-14-8-9-18-16(12-14)20(15-6-3-4-7-17(15)23-18)21(26)27-13-19(25)24(2)11-5-10-22/h3-4,6-7,14H,5,8-9,11-13H2,1-2H3. The van der Waals surface area contributed by atoms with Crippen LogP contribution < -0.4 is 0 Å². The summed E-state index contributed by atoms with van der Waals surface area (Å²) >= 11 is 0. The van der Waals surface area contributed by atoms with E-state index in [4.69, 9.17) is 15.0 Å². The summed E-state index contributed by atoms with van der Waals surface area (Å²) in [6.07, 6.45) is 2.93. The Bertz CT molecular complexity index is 917. The Morgan fingerprint density at radius 2 is 2.15 bits per heavy atom. The average molecular weight is 365 g/mol. The fourth-order valence-corrected chi connectivity index (χ4v) is 3.45. The van der Waals surface area contributed by atoms with Gasteiger partial charge in [-0.1, -0.05) is 25.1 Å².